The van der Waals surface area contributed by atoms with Crippen LogP contribution in [0.15, 0.2) is 125 Å². The molecule has 35 heavy (non-hydrogen) atoms. The highest BCUT2D eigenvalue weighted by molar-refractivity contribution is 8.00. The summed E-state index contributed by atoms with van der Waals surface area (Å²) in [6.45, 7) is 0. The van der Waals surface area contributed by atoms with Crippen molar-refractivity contribution in [3.05, 3.63) is 115 Å². The summed E-state index contributed by atoms with van der Waals surface area (Å²) in [6.07, 6.45) is 0. The first-order valence-corrected chi connectivity index (χ1v) is 13.4. The SMILES string of the molecule is c1ccc2c3c(ccc2c1)N(c1ccc2sc4ccccc4c2c1)c1c(ccc2ccccc12)S3. The normalized spacial score (nSPS) is 13.0. The summed E-state index contributed by atoms with van der Waals surface area (Å²) in [5.41, 5.74) is 3.72. The van der Waals surface area contributed by atoms with E-state index in [4.69, 9.17) is 0 Å². The standard InChI is InChI=1S/C32H19NS2/c1-3-9-23-20(7-1)14-17-30-31(23)33(27-16-13-21-8-2-4-10-24(21)32(27)35-30)22-15-18-29-26(19-22)25-11-5-6-12-28(25)34-29/h1-19H. The monoisotopic (exact) mass is 481 g/mol. The number of hydrogen-bond acceptors (Lipinski definition) is 3. The number of thiophene rings is 1. The predicted octanol–water partition coefficient (Wildman–Crippen LogP) is 10.3. The average Bonchev–Trinajstić information content (AvgIpc) is 3.29. The summed E-state index contributed by atoms with van der Waals surface area (Å²) in [4.78, 5) is 5.10. The first kappa shape index (κ1) is 19.5. The Balaban J connectivity index is 1.48. The molecule has 1 aliphatic rings. The number of fused-ring (bicyclic) bond motifs is 9. The zero-order chi connectivity index (χ0) is 22.9. The van der Waals surface area contributed by atoms with Crippen LogP contribution in [0.5, 0.6) is 0 Å². The molecule has 2 heterocycles. The Kier molecular flexibility index (Phi) is 4.10. The third kappa shape index (κ3) is 2.83. The van der Waals surface area contributed by atoms with E-state index in [0.29, 0.717) is 0 Å². The molecule has 0 bridgehead atoms. The maximum atomic E-state index is 2.49. The fourth-order valence-electron chi connectivity index (χ4n) is 5.41. The lowest BCUT2D eigenvalue weighted by molar-refractivity contribution is 1.20. The molecular weight excluding hydrogens is 462 g/mol. The van der Waals surface area contributed by atoms with Crippen molar-refractivity contribution < 1.29 is 0 Å². The van der Waals surface area contributed by atoms with Crippen molar-refractivity contribution in [3.8, 4) is 0 Å². The Morgan fingerprint density at radius 3 is 2.09 bits per heavy atom. The predicted molar refractivity (Wildman–Crippen MR) is 153 cm³/mol. The summed E-state index contributed by atoms with van der Waals surface area (Å²) >= 11 is 3.76. The molecule has 1 aromatic heterocycles. The third-order valence-electron chi connectivity index (χ3n) is 7.02. The van der Waals surface area contributed by atoms with Gasteiger partial charge < -0.3 is 4.90 Å². The maximum Gasteiger partial charge on any atom is 0.0679 e. The summed E-state index contributed by atoms with van der Waals surface area (Å²) in [5, 5.41) is 7.79. The number of anilines is 3. The minimum Gasteiger partial charge on any atom is -0.308 e. The second-order valence-electron chi connectivity index (χ2n) is 8.98. The largest absolute Gasteiger partial charge is 0.308 e. The molecule has 8 rings (SSSR count). The van der Waals surface area contributed by atoms with Gasteiger partial charge in [-0.2, -0.15) is 0 Å². The fourth-order valence-corrected chi connectivity index (χ4v) is 7.71. The molecule has 0 radical (unpaired) electrons. The molecule has 0 saturated heterocycles. The number of hydrogen-bond donors (Lipinski definition) is 0. The Bertz CT molecular complexity index is 1950. The third-order valence-corrected chi connectivity index (χ3v) is 9.35. The van der Waals surface area contributed by atoms with Crippen molar-refractivity contribution in [2.24, 2.45) is 0 Å². The van der Waals surface area contributed by atoms with Crippen LogP contribution in [0.3, 0.4) is 0 Å². The van der Waals surface area contributed by atoms with Gasteiger partial charge in [0.25, 0.3) is 0 Å². The van der Waals surface area contributed by atoms with Gasteiger partial charge in [0.2, 0.25) is 0 Å². The van der Waals surface area contributed by atoms with Gasteiger partial charge in [0.05, 0.1) is 11.4 Å². The van der Waals surface area contributed by atoms with Crippen LogP contribution in [0, 0.1) is 0 Å². The van der Waals surface area contributed by atoms with Crippen molar-refractivity contribution >= 4 is 81.9 Å². The lowest BCUT2D eigenvalue weighted by atomic mass is 10.0. The van der Waals surface area contributed by atoms with Crippen LogP contribution in [0.25, 0.3) is 41.7 Å². The first-order chi connectivity index (χ1) is 17.3. The van der Waals surface area contributed by atoms with E-state index in [-0.39, 0.29) is 0 Å². The molecule has 0 unspecified atom stereocenters. The highest BCUT2D eigenvalue weighted by Crippen LogP contribution is 2.56. The van der Waals surface area contributed by atoms with Crippen LogP contribution in [-0.2, 0) is 0 Å². The van der Waals surface area contributed by atoms with E-state index in [2.05, 4.69) is 120 Å². The molecule has 0 saturated carbocycles. The summed E-state index contributed by atoms with van der Waals surface area (Å²) in [7, 11) is 0. The lowest BCUT2D eigenvalue weighted by Gasteiger charge is -2.34. The van der Waals surface area contributed by atoms with Crippen LogP contribution >= 0.6 is 23.1 Å². The van der Waals surface area contributed by atoms with Crippen molar-refractivity contribution in [3.63, 3.8) is 0 Å². The molecular formula is C32H19NS2. The van der Waals surface area contributed by atoms with Gasteiger partial charge in [-0.3, -0.25) is 0 Å². The summed E-state index contributed by atoms with van der Waals surface area (Å²) in [6, 6.07) is 42.3. The zero-order valence-corrected chi connectivity index (χ0v) is 20.4. The van der Waals surface area contributed by atoms with Gasteiger partial charge in [0, 0.05) is 41.0 Å². The quantitative estimate of drug-likeness (QED) is 0.229. The second-order valence-corrected chi connectivity index (χ2v) is 11.1. The average molecular weight is 482 g/mol. The molecule has 7 aromatic rings. The Morgan fingerprint density at radius 2 is 1.20 bits per heavy atom. The van der Waals surface area contributed by atoms with Gasteiger partial charge >= 0.3 is 0 Å². The fraction of sp³-hybridized carbons (Fsp3) is 0. The highest BCUT2D eigenvalue weighted by Gasteiger charge is 2.28. The van der Waals surface area contributed by atoms with Crippen LogP contribution in [0.4, 0.5) is 17.1 Å². The van der Waals surface area contributed by atoms with E-state index in [1.54, 1.807) is 0 Å². The molecule has 0 N–H and O–H groups in total. The minimum atomic E-state index is 1.20. The molecule has 0 fully saturated rings. The molecule has 1 aliphatic heterocycles. The summed E-state index contributed by atoms with van der Waals surface area (Å²) < 4.78 is 2.67. The smallest absolute Gasteiger partial charge is 0.0679 e. The number of benzene rings is 6. The van der Waals surface area contributed by atoms with Gasteiger partial charge in [-0.1, -0.05) is 90.6 Å². The van der Waals surface area contributed by atoms with Crippen LogP contribution < -0.4 is 4.90 Å². The van der Waals surface area contributed by atoms with Crippen molar-refractivity contribution in [2.75, 3.05) is 4.90 Å². The molecule has 0 spiro atoms. The van der Waals surface area contributed by atoms with Gasteiger partial charge in [-0.05, 0) is 52.6 Å². The van der Waals surface area contributed by atoms with Crippen molar-refractivity contribution in [1.29, 1.82) is 0 Å². The lowest BCUT2D eigenvalue weighted by Crippen LogP contribution is -2.15. The van der Waals surface area contributed by atoms with Crippen molar-refractivity contribution in [1.82, 2.24) is 0 Å². The van der Waals surface area contributed by atoms with E-state index < -0.39 is 0 Å². The Labute approximate surface area is 211 Å². The Morgan fingerprint density at radius 1 is 0.514 bits per heavy atom. The van der Waals surface area contributed by atoms with E-state index in [9.17, 15) is 0 Å². The van der Waals surface area contributed by atoms with Gasteiger partial charge in [0.1, 0.15) is 0 Å². The van der Waals surface area contributed by atoms with Gasteiger partial charge in [-0.15, -0.1) is 11.3 Å². The molecule has 0 amide bonds. The zero-order valence-electron chi connectivity index (χ0n) is 18.7. The second kappa shape index (κ2) is 7.35. The highest BCUT2D eigenvalue weighted by atomic mass is 32.2. The van der Waals surface area contributed by atoms with Crippen LogP contribution in [-0.4, -0.2) is 0 Å². The molecule has 6 aromatic carbocycles. The molecule has 1 nitrogen and oxygen atoms in total. The molecule has 164 valence electrons. The topological polar surface area (TPSA) is 3.24 Å². The van der Waals surface area contributed by atoms with Crippen molar-refractivity contribution in [2.45, 2.75) is 9.79 Å². The number of rotatable bonds is 1. The molecule has 3 heteroatoms. The van der Waals surface area contributed by atoms with E-state index in [0.717, 1.165) is 0 Å². The minimum absolute atomic E-state index is 1.20. The van der Waals surface area contributed by atoms with Crippen LogP contribution in [0.1, 0.15) is 0 Å². The first-order valence-electron chi connectivity index (χ1n) is 11.8. The van der Waals surface area contributed by atoms with Gasteiger partial charge in [0.15, 0.2) is 0 Å². The maximum absolute atomic E-state index is 2.49. The van der Waals surface area contributed by atoms with E-state index >= 15 is 0 Å². The Hall–Kier alpha value is -3.79. The molecule has 0 aliphatic carbocycles. The van der Waals surface area contributed by atoms with E-state index in [1.165, 1.54) is 68.6 Å². The molecule has 0 atom stereocenters. The van der Waals surface area contributed by atoms with E-state index in [1.807, 2.05) is 23.1 Å². The summed E-state index contributed by atoms with van der Waals surface area (Å²) in [5.74, 6) is 0. The van der Waals surface area contributed by atoms with Gasteiger partial charge in [-0.25, -0.2) is 0 Å². The number of nitrogens with zero attached hydrogens (tertiary/aromatic N) is 1. The van der Waals surface area contributed by atoms with Crippen LogP contribution in [0.2, 0.25) is 0 Å².